The zero-order chi connectivity index (χ0) is 16.0. The predicted octanol–water partition coefficient (Wildman–Crippen LogP) is 2.04. The molecule has 0 heterocycles. The number of ether oxygens (including phenoxy) is 1. The second-order valence-electron chi connectivity index (χ2n) is 4.82. The summed E-state index contributed by atoms with van der Waals surface area (Å²) < 4.78 is 59.8. The monoisotopic (exact) mass is 318 g/mol. The van der Waals surface area contributed by atoms with Crippen molar-refractivity contribution in [2.24, 2.45) is 5.73 Å². The number of rotatable bonds is 8. The fourth-order valence-electron chi connectivity index (χ4n) is 1.36. The molecule has 5 nitrogen and oxygen atoms in total. The molecule has 0 saturated heterocycles. The van der Waals surface area contributed by atoms with Gasteiger partial charge in [-0.1, -0.05) is 0 Å². The first-order valence-electron chi connectivity index (χ1n) is 6.20. The number of carbonyl (C=O) groups is 1. The Kier molecular flexibility index (Phi) is 7.50. The molecule has 120 valence electrons. The molecule has 0 aromatic carbocycles. The van der Waals surface area contributed by atoms with Crippen LogP contribution in [0.15, 0.2) is 0 Å². The van der Waals surface area contributed by atoms with E-state index in [4.69, 9.17) is 15.3 Å². The first kappa shape index (κ1) is 19.2. The van der Waals surface area contributed by atoms with Crippen molar-refractivity contribution in [1.29, 1.82) is 4.78 Å². The Hall–Kier alpha value is -0.830. The maximum atomic E-state index is 11.9. The molecule has 0 aliphatic rings. The third-order valence-corrected chi connectivity index (χ3v) is 4.19. The Morgan fingerprint density at radius 3 is 2.35 bits per heavy atom. The summed E-state index contributed by atoms with van der Waals surface area (Å²) in [4.78, 5) is 11.4. The highest BCUT2D eigenvalue weighted by molar-refractivity contribution is 7.92. The first-order chi connectivity index (χ1) is 8.93. The molecule has 0 rings (SSSR count). The fourth-order valence-corrected chi connectivity index (χ4v) is 2.81. The van der Waals surface area contributed by atoms with Gasteiger partial charge in [-0.15, -0.1) is 0 Å². The number of esters is 1. The quantitative estimate of drug-likeness (QED) is 0.670. The van der Waals surface area contributed by atoms with Gasteiger partial charge < -0.3 is 10.5 Å². The van der Waals surface area contributed by atoms with E-state index in [1.54, 1.807) is 13.8 Å². The minimum absolute atomic E-state index is 0.0418. The molecule has 0 fully saturated rings. The summed E-state index contributed by atoms with van der Waals surface area (Å²) in [5.74, 6) is -1.22. The van der Waals surface area contributed by atoms with Crippen molar-refractivity contribution >= 4 is 15.7 Å². The number of hydrogen-bond acceptors (Lipinski definition) is 5. The Morgan fingerprint density at radius 2 is 1.90 bits per heavy atom. The number of hydrogen-bond donors (Lipinski definition) is 2. The smallest absolute Gasteiger partial charge is 0.389 e. The van der Waals surface area contributed by atoms with Crippen LogP contribution in [0, 0.1) is 4.78 Å². The van der Waals surface area contributed by atoms with E-state index in [9.17, 15) is 22.2 Å². The summed E-state index contributed by atoms with van der Waals surface area (Å²) in [5, 5.41) is 0. The lowest BCUT2D eigenvalue weighted by atomic mass is 10.2. The van der Waals surface area contributed by atoms with Gasteiger partial charge in [0.2, 0.25) is 0 Å². The Morgan fingerprint density at radius 1 is 1.35 bits per heavy atom. The van der Waals surface area contributed by atoms with Crippen molar-refractivity contribution in [1.82, 2.24) is 0 Å². The van der Waals surface area contributed by atoms with Crippen molar-refractivity contribution in [3.05, 3.63) is 0 Å². The third-order valence-electron chi connectivity index (χ3n) is 2.35. The van der Waals surface area contributed by atoms with Crippen molar-refractivity contribution in [3.63, 3.8) is 0 Å². The summed E-state index contributed by atoms with van der Waals surface area (Å²) in [7, 11) is -3.15. The lowest BCUT2D eigenvalue weighted by Crippen LogP contribution is -2.35. The van der Waals surface area contributed by atoms with Gasteiger partial charge in [0.05, 0.1) is 6.10 Å². The van der Waals surface area contributed by atoms with Gasteiger partial charge in [0.1, 0.15) is 6.04 Å². The highest BCUT2D eigenvalue weighted by atomic mass is 32.2. The average molecular weight is 318 g/mol. The molecular weight excluding hydrogens is 297 g/mol. The molecule has 2 atom stereocenters. The normalized spacial score (nSPS) is 16.8. The molecule has 9 heteroatoms. The molecule has 0 aliphatic heterocycles. The number of nitrogens with two attached hydrogens (primary N) is 1. The average Bonchev–Trinajstić information content (AvgIpc) is 2.22. The van der Waals surface area contributed by atoms with Gasteiger partial charge in [-0.05, 0) is 26.7 Å². The van der Waals surface area contributed by atoms with E-state index in [0.29, 0.717) is 0 Å². The Bertz CT molecular complexity index is 408. The SMILES string of the molecule is CC(C)OC(=O)[C@@H](N)CCS(=N)(=O)CCCC(F)(F)F. The standard InChI is InChI=1S/C11H21F3N2O3S/c1-8(2)19-10(17)9(15)4-7-20(16,18)6-3-5-11(12,13)14/h8-9,16H,3-7,15H2,1-2H3/t9-,20?/m0/s1. The van der Waals surface area contributed by atoms with Crippen molar-refractivity contribution < 1.29 is 26.9 Å². The van der Waals surface area contributed by atoms with E-state index in [1.165, 1.54) is 0 Å². The van der Waals surface area contributed by atoms with Crippen LogP contribution in [-0.4, -0.2) is 40.0 Å². The van der Waals surface area contributed by atoms with Crippen LogP contribution in [-0.2, 0) is 19.3 Å². The minimum Gasteiger partial charge on any atom is -0.462 e. The van der Waals surface area contributed by atoms with E-state index in [2.05, 4.69) is 0 Å². The van der Waals surface area contributed by atoms with Gasteiger partial charge in [0.15, 0.2) is 0 Å². The van der Waals surface area contributed by atoms with Crippen LogP contribution in [0.5, 0.6) is 0 Å². The summed E-state index contributed by atoms with van der Waals surface area (Å²) >= 11 is 0. The number of carbonyl (C=O) groups excluding carboxylic acids is 1. The molecule has 0 amide bonds. The molecule has 0 spiro atoms. The lowest BCUT2D eigenvalue weighted by molar-refractivity contribution is -0.149. The molecule has 3 N–H and O–H groups in total. The van der Waals surface area contributed by atoms with Crippen LogP contribution in [0.2, 0.25) is 0 Å². The van der Waals surface area contributed by atoms with E-state index < -0.39 is 34.3 Å². The maximum absolute atomic E-state index is 11.9. The van der Waals surface area contributed by atoms with Gasteiger partial charge in [-0.3, -0.25) is 9.57 Å². The molecular formula is C11H21F3N2O3S. The van der Waals surface area contributed by atoms with Gasteiger partial charge in [-0.2, -0.15) is 13.2 Å². The van der Waals surface area contributed by atoms with Crippen LogP contribution in [0.1, 0.15) is 33.1 Å². The summed E-state index contributed by atoms with van der Waals surface area (Å²) in [6.45, 7) is 3.30. The zero-order valence-corrected chi connectivity index (χ0v) is 12.4. The first-order valence-corrected chi connectivity index (χ1v) is 8.09. The Balaban J connectivity index is 4.13. The van der Waals surface area contributed by atoms with Crippen LogP contribution in [0.4, 0.5) is 13.2 Å². The topological polar surface area (TPSA) is 93.2 Å². The summed E-state index contributed by atoms with van der Waals surface area (Å²) in [6.07, 6.45) is -6.12. The van der Waals surface area contributed by atoms with Crippen molar-refractivity contribution in [3.8, 4) is 0 Å². The number of halogens is 3. The molecule has 1 unspecified atom stereocenters. The molecule has 0 aliphatic carbocycles. The summed E-state index contributed by atoms with van der Waals surface area (Å²) in [6, 6.07) is -1.01. The predicted molar refractivity (Wildman–Crippen MR) is 69.7 cm³/mol. The van der Waals surface area contributed by atoms with Crippen LogP contribution >= 0.6 is 0 Å². The van der Waals surface area contributed by atoms with Crippen molar-refractivity contribution in [2.45, 2.75) is 51.4 Å². The van der Waals surface area contributed by atoms with Crippen LogP contribution in [0.25, 0.3) is 0 Å². The minimum atomic E-state index is -4.31. The van der Waals surface area contributed by atoms with E-state index in [0.717, 1.165) is 0 Å². The fraction of sp³-hybridized carbons (Fsp3) is 0.909. The molecule has 0 aromatic heterocycles. The van der Waals surface area contributed by atoms with E-state index >= 15 is 0 Å². The van der Waals surface area contributed by atoms with Gasteiger partial charge in [-0.25, -0.2) is 4.21 Å². The molecule has 0 saturated carbocycles. The highest BCUT2D eigenvalue weighted by Gasteiger charge is 2.27. The largest absolute Gasteiger partial charge is 0.462 e. The second kappa shape index (κ2) is 7.82. The zero-order valence-electron chi connectivity index (χ0n) is 11.5. The van der Waals surface area contributed by atoms with Gasteiger partial charge in [0, 0.05) is 27.7 Å². The molecule has 20 heavy (non-hydrogen) atoms. The number of nitrogens with one attached hydrogen (secondary N) is 1. The van der Waals surface area contributed by atoms with Crippen LogP contribution < -0.4 is 5.73 Å². The number of alkyl halides is 3. The van der Waals surface area contributed by atoms with Gasteiger partial charge >= 0.3 is 12.1 Å². The van der Waals surface area contributed by atoms with Crippen LogP contribution in [0.3, 0.4) is 0 Å². The molecule has 0 radical (unpaired) electrons. The molecule has 0 aromatic rings. The Labute approximate surface area is 117 Å². The third kappa shape index (κ3) is 10.0. The van der Waals surface area contributed by atoms with E-state index in [1.807, 2.05) is 0 Å². The summed E-state index contributed by atoms with van der Waals surface area (Å²) in [5.41, 5.74) is 5.51. The van der Waals surface area contributed by atoms with Crippen molar-refractivity contribution in [2.75, 3.05) is 11.5 Å². The van der Waals surface area contributed by atoms with E-state index in [-0.39, 0.29) is 30.5 Å². The maximum Gasteiger partial charge on any atom is 0.389 e. The van der Waals surface area contributed by atoms with Gasteiger partial charge in [0.25, 0.3) is 0 Å². The molecule has 0 bridgehead atoms. The second-order valence-corrected chi connectivity index (χ2v) is 7.26. The highest BCUT2D eigenvalue weighted by Crippen LogP contribution is 2.21. The lowest BCUT2D eigenvalue weighted by Gasteiger charge is -2.14.